The van der Waals surface area contributed by atoms with E-state index in [1.54, 1.807) is 6.08 Å². The van der Waals surface area contributed by atoms with Gasteiger partial charge in [-0.15, -0.1) is 0 Å². The highest BCUT2D eigenvalue weighted by molar-refractivity contribution is 9.11. The molecular weight excluding hydrogens is 508 g/mol. The van der Waals surface area contributed by atoms with Crippen LogP contribution in [0.1, 0.15) is 23.6 Å². The molecule has 2 aromatic rings. The first-order chi connectivity index (χ1) is 13.3. The van der Waals surface area contributed by atoms with Crippen LogP contribution in [0.2, 0.25) is 0 Å². The molecule has 1 heterocycles. The Morgan fingerprint density at radius 1 is 1.21 bits per heavy atom. The molecule has 1 aliphatic rings. The Morgan fingerprint density at radius 2 is 1.86 bits per heavy atom. The number of carbonyl (C=O) groups excluding carboxylic acids is 2. The van der Waals surface area contributed by atoms with Crippen LogP contribution in [0.3, 0.4) is 0 Å². The SMILES string of the molecule is CC(=O)NC1=NC(=O)/C(=C/c2cc(Br)c(OCc3ccc(C)cc3)c(Br)c2)S1. The zero-order valence-electron chi connectivity index (χ0n) is 15.1. The Hall–Kier alpha value is -1.90. The lowest BCUT2D eigenvalue weighted by atomic mass is 10.1. The van der Waals surface area contributed by atoms with E-state index in [2.05, 4.69) is 42.2 Å². The number of halogens is 2. The third-order valence-electron chi connectivity index (χ3n) is 3.73. The quantitative estimate of drug-likeness (QED) is 0.559. The fourth-order valence-electron chi connectivity index (χ4n) is 2.41. The summed E-state index contributed by atoms with van der Waals surface area (Å²) in [6.07, 6.45) is 1.73. The highest BCUT2D eigenvalue weighted by Crippen LogP contribution is 2.37. The number of benzene rings is 2. The average Bonchev–Trinajstić information content (AvgIpc) is 2.94. The standard InChI is InChI=1S/C20H16Br2N2O3S/c1-11-3-5-13(6-4-11)10-27-18-15(21)7-14(8-16(18)22)9-17-19(26)24-20(28-17)23-12(2)25/h3-9H,10H2,1-2H3,(H,23,24,25,26)/b17-9-. The van der Waals surface area contributed by atoms with Crippen molar-refractivity contribution in [1.29, 1.82) is 0 Å². The Balaban J connectivity index is 1.74. The van der Waals surface area contributed by atoms with Gasteiger partial charge in [0.05, 0.1) is 13.9 Å². The third kappa shape index (κ3) is 5.33. The number of aliphatic imine (C=N–C) groups is 1. The summed E-state index contributed by atoms with van der Waals surface area (Å²) in [4.78, 5) is 27.4. The van der Waals surface area contributed by atoms with Crippen LogP contribution in [0.4, 0.5) is 0 Å². The van der Waals surface area contributed by atoms with Gasteiger partial charge in [0.1, 0.15) is 12.4 Å². The highest BCUT2D eigenvalue weighted by Gasteiger charge is 2.22. The molecule has 1 aliphatic heterocycles. The van der Waals surface area contributed by atoms with E-state index >= 15 is 0 Å². The monoisotopic (exact) mass is 522 g/mol. The van der Waals surface area contributed by atoms with Gasteiger partial charge in [0.25, 0.3) is 5.91 Å². The van der Waals surface area contributed by atoms with Crippen LogP contribution in [-0.2, 0) is 16.2 Å². The number of thioether (sulfide) groups is 1. The van der Waals surface area contributed by atoms with Gasteiger partial charge in [0.15, 0.2) is 5.17 Å². The van der Waals surface area contributed by atoms with Crippen LogP contribution in [-0.4, -0.2) is 17.0 Å². The van der Waals surface area contributed by atoms with Gasteiger partial charge in [-0.2, -0.15) is 4.99 Å². The van der Waals surface area contributed by atoms with E-state index in [1.165, 1.54) is 12.5 Å². The number of nitrogens with zero attached hydrogens (tertiary/aromatic N) is 1. The van der Waals surface area contributed by atoms with Crippen LogP contribution in [0.25, 0.3) is 6.08 Å². The summed E-state index contributed by atoms with van der Waals surface area (Å²) in [7, 11) is 0. The molecule has 0 bridgehead atoms. The second-order valence-corrected chi connectivity index (χ2v) is 8.84. The molecule has 0 aromatic heterocycles. The van der Waals surface area contributed by atoms with Crippen LogP contribution >= 0.6 is 43.6 Å². The van der Waals surface area contributed by atoms with Crippen molar-refractivity contribution in [3.8, 4) is 5.75 Å². The molecule has 0 saturated heterocycles. The molecule has 0 saturated carbocycles. The van der Waals surface area contributed by atoms with E-state index < -0.39 is 0 Å². The number of hydrogen-bond donors (Lipinski definition) is 1. The number of ether oxygens (including phenoxy) is 1. The molecule has 5 nitrogen and oxygen atoms in total. The van der Waals surface area contributed by atoms with Gasteiger partial charge < -0.3 is 10.1 Å². The first-order valence-electron chi connectivity index (χ1n) is 8.29. The van der Waals surface area contributed by atoms with Gasteiger partial charge in [-0.25, -0.2) is 0 Å². The number of nitrogens with one attached hydrogen (secondary N) is 1. The summed E-state index contributed by atoms with van der Waals surface area (Å²) < 4.78 is 7.47. The minimum absolute atomic E-state index is 0.263. The minimum atomic E-state index is -0.374. The molecule has 2 amide bonds. The number of hydrogen-bond acceptors (Lipinski definition) is 4. The van der Waals surface area contributed by atoms with Crippen LogP contribution in [0.5, 0.6) is 5.75 Å². The van der Waals surface area contributed by atoms with Crippen LogP contribution in [0.15, 0.2) is 55.2 Å². The topological polar surface area (TPSA) is 67.8 Å². The molecule has 0 fully saturated rings. The summed E-state index contributed by atoms with van der Waals surface area (Å²) in [6.45, 7) is 3.86. The zero-order valence-corrected chi connectivity index (χ0v) is 19.1. The van der Waals surface area contributed by atoms with Crippen molar-refractivity contribution in [2.45, 2.75) is 20.5 Å². The molecule has 3 rings (SSSR count). The average molecular weight is 524 g/mol. The molecule has 0 radical (unpaired) electrons. The van der Waals surface area contributed by atoms with E-state index in [0.29, 0.717) is 22.4 Å². The molecule has 1 N–H and O–H groups in total. The van der Waals surface area contributed by atoms with Crippen molar-refractivity contribution in [3.05, 3.63) is 66.9 Å². The fraction of sp³-hybridized carbons (Fsp3) is 0.150. The van der Waals surface area contributed by atoms with Crippen LogP contribution < -0.4 is 10.1 Å². The highest BCUT2D eigenvalue weighted by atomic mass is 79.9. The second-order valence-electron chi connectivity index (χ2n) is 6.10. The minimum Gasteiger partial charge on any atom is -0.487 e. The Labute approximate surface area is 183 Å². The fourth-order valence-corrected chi connectivity index (χ4v) is 4.72. The van der Waals surface area contributed by atoms with Gasteiger partial charge in [-0.1, -0.05) is 29.8 Å². The van der Waals surface area contributed by atoms with Crippen molar-refractivity contribution in [1.82, 2.24) is 5.32 Å². The van der Waals surface area contributed by atoms with Crippen molar-refractivity contribution >= 4 is 66.7 Å². The predicted molar refractivity (Wildman–Crippen MR) is 119 cm³/mol. The number of carbonyl (C=O) groups is 2. The summed E-state index contributed by atoms with van der Waals surface area (Å²) in [5.74, 6) is 0.0462. The van der Waals surface area contributed by atoms with Gasteiger partial charge in [-0.3, -0.25) is 9.59 Å². The van der Waals surface area contributed by atoms with E-state index in [9.17, 15) is 9.59 Å². The van der Waals surface area contributed by atoms with Gasteiger partial charge >= 0.3 is 0 Å². The first kappa shape index (κ1) is 20.8. The third-order valence-corrected chi connectivity index (χ3v) is 5.80. The molecule has 0 atom stereocenters. The number of amidine groups is 1. The molecular formula is C20H16Br2N2O3S. The first-order valence-corrected chi connectivity index (χ1v) is 10.7. The Morgan fingerprint density at radius 3 is 2.46 bits per heavy atom. The lowest BCUT2D eigenvalue weighted by molar-refractivity contribution is -0.117. The van der Waals surface area contributed by atoms with E-state index in [0.717, 1.165) is 31.8 Å². The van der Waals surface area contributed by atoms with Crippen molar-refractivity contribution in [3.63, 3.8) is 0 Å². The van der Waals surface area contributed by atoms with E-state index in [-0.39, 0.29) is 11.8 Å². The maximum atomic E-state index is 12.0. The summed E-state index contributed by atoms with van der Waals surface area (Å²) in [5.41, 5.74) is 3.08. The molecule has 144 valence electrons. The van der Waals surface area contributed by atoms with Gasteiger partial charge in [0, 0.05) is 6.92 Å². The summed E-state index contributed by atoms with van der Waals surface area (Å²) >= 11 is 8.20. The molecule has 0 unspecified atom stereocenters. The summed E-state index contributed by atoms with van der Waals surface area (Å²) in [5, 5.41) is 2.82. The lowest BCUT2D eigenvalue weighted by Crippen LogP contribution is -2.23. The molecule has 8 heteroatoms. The van der Waals surface area contributed by atoms with Gasteiger partial charge in [-0.05, 0) is 79.9 Å². The lowest BCUT2D eigenvalue weighted by Gasteiger charge is -2.12. The summed E-state index contributed by atoms with van der Waals surface area (Å²) in [6, 6.07) is 11.9. The largest absolute Gasteiger partial charge is 0.487 e. The number of rotatable bonds is 4. The van der Waals surface area contributed by atoms with Crippen molar-refractivity contribution in [2.24, 2.45) is 4.99 Å². The van der Waals surface area contributed by atoms with Crippen LogP contribution in [0, 0.1) is 6.92 Å². The predicted octanol–water partition coefficient (Wildman–Crippen LogP) is 5.21. The van der Waals surface area contributed by atoms with E-state index in [1.807, 2.05) is 43.3 Å². The van der Waals surface area contributed by atoms with E-state index in [4.69, 9.17) is 4.74 Å². The normalized spacial score (nSPS) is 14.9. The maximum Gasteiger partial charge on any atom is 0.286 e. The smallest absolute Gasteiger partial charge is 0.286 e. The Kier molecular flexibility index (Phi) is 6.74. The molecule has 28 heavy (non-hydrogen) atoms. The maximum absolute atomic E-state index is 12.0. The molecule has 2 aromatic carbocycles. The zero-order chi connectivity index (χ0) is 20.3. The molecule has 0 spiro atoms. The second kappa shape index (κ2) is 9.07. The molecule has 0 aliphatic carbocycles. The van der Waals surface area contributed by atoms with Crippen molar-refractivity contribution < 1.29 is 14.3 Å². The van der Waals surface area contributed by atoms with Gasteiger partial charge in [0.2, 0.25) is 5.91 Å². The number of amides is 2. The Bertz CT molecular complexity index is 978. The van der Waals surface area contributed by atoms with Crippen molar-refractivity contribution in [2.75, 3.05) is 0 Å². The number of aryl methyl sites for hydroxylation is 1.